The van der Waals surface area contributed by atoms with Crippen molar-refractivity contribution in [2.24, 2.45) is 0 Å². The largest absolute Gasteiger partial charge is 0.478 e. The SMILES string of the molecule is O=C(COCCc1cn(-c2ccccc2)c2ccc(C(=O)O)cc12)Nc1ccc(C2CCCCC2)cc1. The minimum atomic E-state index is -0.958. The third-order valence-corrected chi connectivity index (χ3v) is 7.19. The average Bonchev–Trinajstić information content (AvgIpc) is 3.30. The van der Waals surface area contributed by atoms with E-state index < -0.39 is 5.97 Å². The summed E-state index contributed by atoms with van der Waals surface area (Å²) >= 11 is 0. The van der Waals surface area contributed by atoms with E-state index in [-0.39, 0.29) is 18.1 Å². The van der Waals surface area contributed by atoms with Crippen LogP contribution >= 0.6 is 0 Å². The van der Waals surface area contributed by atoms with Crippen molar-refractivity contribution in [3.63, 3.8) is 0 Å². The number of anilines is 1. The number of hydrogen-bond donors (Lipinski definition) is 2. The second-order valence-electron chi connectivity index (χ2n) is 9.70. The maximum absolute atomic E-state index is 12.4. The number of aromatic carboxylic acids is 1. The molecule has 6 heteroatoms. The Hall–Kier alpha value is -3.90. The number of carbonyl (C=O) groups is 2. The van der Waals surface area contributed by atoms with Gasteiger partial charge in [0.05, 0.1) is 17.7 Å². The molecule has 37 heavy (non-hydrogen) atoms. The van der Waals surface area contributed by atoms with E-state index in [1.807, 2.05) is 54.7 Å². The van der Waals surface area contributed by atoms with E-state index in [9.17, 15) is 14.7 Å². The number of hydrogen-bond acceptors (Lipinski definition) is 3. The van der Waals surface area contributed by atoms with Crippen molar-refractivity contribution >= 4 is 28.5 Å². The number of aromatic nitrogens is 1. The van der Waals surface area contributed by atoms with Crippen LogP contribution < -0.4 is 5.32 Å². The van der Waals surface area contributed by atoms with Crippen molar-refractivity contribution in [3.05, 3.63) is 95.7 Å². The van der Waals surface area contributed by atoms with Crippen molar-refractivity contribution in [2.75, 3.05) is 18.5 Å². The molecule has 6 nitrogen and oxygen atoms in total. The molecule has 0 bridgehead atoms. The maximum atomic E-state index is 12.4. The normalized spacial score (nSPS) is 14.1. The van der Waals surface area contributed by atoms with Crippen molar-refractivity contribution in [2.45, 2.75) is 44.4 Å². The summed E-state index contributed by atoms with van der Waals surface area (Å²) < 4.78 is 7.75. The average molecular weight is 497 g/mol. The van der Waals surface area contributed by atoms with Crippen LogP contribution in [0.2, 0.25) is 0 Å². The first-order chi connectivity index (χ1) is 18.1. The minimum absolute atomic E-state index is 0.0396. The number of ether oxygens (including phenoxy) is 1. The second kappa shape index (κ2) is 11.4. The minimum Gasteiger partial charge on any atom is -0.478 e. The molecular weight excluding hydrogens is 464 g/mol. The molecule has 0 spiro atoms. The molecule has 1 fully saturated rings. The molecule has 2 N–H and O–H groups in total. The van der Waals surface area contributed by atoms with Gasteiger partial charge in [0, 0.05) is 23.0 Å². The van der Waals surface area contributed by atoms with Gasteiger partial charge in [-0.05, 0) is 78.8 Å². The first-order valence-electron chi connectivity index (χ1n) is 13.0. The molecule has 190 valence electrons. The molecule has 1 aromatic heterocycles. The molecule has 0 aliphatic heterocycles. The van der Waals surface area contributed by atoms with Gasteiger partial charge in [-0.25, -0.2) is 4.79 Å². The van der Waals surface area contributed by atoms with Crippen LogP contribution in [0.15, 0.2) is 79.0 Å². The first-order valence-corrected chi connectivity index (χ1v) is 13.0. The summed E-state index contributed by atoms with van der Waals surface area (Å²) in [5.74, 6) is -0.508. The van der Waals surface area contributed by atoms with Gasteiger partial charge in [-0.2, -0.15) is 0 Å². The van der Waals surface area contributed by atoms with Gasteiger partial charge in [-0.3, -0.25) is 4.79 Å². The van der Waals surface area contributed by atoms with Gasteiger partial charge in [-0.15, -0.1) is 0 Å². The van der Waals surface area contributed by atoms with Crippen LogP contribution in [0.4, 0.5) is 5.69 Å². The molecule has 3 aromatic carbocycles. The molecule has 1 amide bonds. The third kappa shape index (κ3) is 5.92. The Balaban J connectivity index is 1.19. The van der Waals surface area contributed by atoms with Crippen molar-refractivity contribution in [1.82, 2.24) is 4.57 Å². The Morgan fingerprint density at radius 1 is 0.946 bits per heavy atom. The van der Waals surface area contributed by atoms with Crippen LogP contribution in [0, 0.1) is 0 Å². The zero-order chi connectivity index (χ0) is 25.6. The second-order valence-corrected chi connectivity index (χ2v) is 9.70. The first kappa shape index (κ1) is 24.8. The summed E-state index contributed by atoms with van der Waals surface area (Å²) in [6.45, 7) is 0.307. The molecule has 1 saturated carbocycles. The number of carboxylic acids is 1. The van der Waals surface area contributed by atoms with E-state index in [0.29, 0.717) is 18.9 Å². The van der Waals surface area contributed by atoms with Crippen LogP contribution in [0.25, 0.3) is 16.6 Å². The smallest absolute Gasteiger partial charge is 0.335 e. The third-order valence-electron chi connectivity index (χ3n) is 7.19. The Morgan fingerprint density at radius 2 is 1.70 bits per heavy atom. The van der Waals surface area contributed by atoms with Crippen LogP contribution in [-0.2, 0) is 16.0 Å². The van der Waals surface area contributed by atoms with E-state index in [1.54, 1.807) is 12.1 Å². The van der Waals surface area contributed by atoms with Crippen LogP contribution in [0.1, 0.15) is 59.5 Å². The number of amides is 1. The molecule has 1 heterocycles. The standard InChI is InChI=1S/C31H32N2O4/c34-30(32-26-14-11-23(12-15-26)22-7-3-1-4-8-22)21-37-18-17-25-20-33(27-9-5-2-6-10-27)29-16-13-24(31(35)36)19-28(25)29/h2,5-6,9-16,19-20,22H,1,3-4,7-8,17-18,21H2,(H,32,34)(H,35,36). The summed E-state index contributed by atoms with van der Waals surface area (Å²) in [4.78, 5) is 24.0. The van der Waals surface area contributed by atoms with Crippen molar-refractivity contribution in [3.8, 4) is 5.69 Å². The monoisotopic (exact) mass is 496 g/mol. The number of fused-ring (bicyclic) bond motifs is 1. The van der Waals surface area contributed by atoms with Crippen LogP contribution in [-0.4, -0.2) is 34.8 Å². The summed E-state index contributed by atoms with van der Waals surface area (Å²) in [7, 11) is 0. The number of para-hydroxylation sites is 1. The molecule has 1 aliphatic carbocycles. The molecule has 1 aliphatic rings. The Labute approximate surface area is 216 Å². The molecule has 5 rings (SSSR count). The predicted octanol–water partition coefficient (Wildman–Crippen LogP) is 6.57. The molecule has 0 saturated heterocycles. The molecule has 0 atom stereocenters. The Morgan fingerprint density at radius 3 is 2.43 bits per heavy atom. The van der Waals surface area contributed by atoms with Gasteiger partial charge >= 0.3 is 5.97 Å². The van der Waals surface area contributed by atoms with Gasteiger partial charge in [0.15, 0.2) is 0 Å². The lowest BCUT2D eigenvalue weighted by Gasteiger charge is -2.22. The zero-order valence-corrected chi connectivity index (χ0v) is 20.9. The highest BCUT2D eigenvalue weighted by molar-refractivity contribution is 5.95. The van der Waals surface area contributed by atoms with E-state index in [1.165, 1.54) is 37.7 Å². The number of benzene rings is 3. The zero-order valence-electron chi connectivity index (χ0n) is 20.9. The highest BCUT2D eigenvalue weighted by Crippen LogP contribution is 2.33. The summed E-state index contributed by atoms with van der Waals surface area (Å²) in [5, 5.41) is 13.2. The number of rotatable bonds is 9. The molecule has 4 aromatic rings. The van der Waals surface area contributed by atoms with Crippen LogP contribution in [0.3, 0.4) is 0 Å². The molecular formula is C31H32N2O4. The quantitative estimate of drug-likeness (QED) is 0.257. The van der Waals surface area contributed by atoms with Gasteiger partial charge in [-0.1, -0.05) is 49.6 Å². The predicted molar refractivity (Wildman–Crippen MR) is 146 cm³/mol. The van der Waals surface area contributed by atoms with Crippen LogP contribution in [0.5, 0.6) is 0 Å². The van der Waals surface area contributed by atoms with Gasteiger partial charge in [0.2, 0.25) is 5.91 Å². The number of nitrogens with one attached hydrogen (secondary N) is 1. The number of nitrogens with zero attached hydrogens (tertiary/aromatic N) is 1. The van der Waals surface area contributed by atoms with E-state index in [0.717, 1.165) is 27.8 Å². The van der Waals surface area contributed by atoms with Gasteiger partial charge in [0.1, 0.15) is 6.61 Å². The number of carboxylic acid groups (broad SMARTS) is 1. The molecule has 0 radical (unpaired) electrons. The van der Waals surface area contributed by atoms with E-state index in [4.69, 9.17) is 4.74 Å². The van der Waals surface area contributed by atoms with E-state index in [2.05, 4.69) is 22.0 Å². The highest BCUT2D eigenvalue weighted by atomic mass is 16.5. The van der Waals surface area contributed by atoms with Gasteiger partial charge < -0.3 is 19.7 Å². The fourth-order valence-corrected chi connectivity index (χ4v) is 5.25. The van der Waals surface area contributed by atoms with E-state index >= 15 is 0 Å². The highest BCUT2D eigenvalue weighted by Gasteiger charge is 2.16. The van der Waals surface area contributed by atoms with Crippen molar-refractivity contribution < 1.29 is 19.4 Å². The Kier molecular flexibility index (Phi) is 7.66. The summed E-state index contributed by atoms with van der Waals surface area (Å²) in [5.41, 5.74) is 5.28. The van der Waals surface area contributed by atoms with Gasteiger partial charge in [0.25, 0.3) is 0 Å². The number of carbonyl (C=O) groups excluding carboxylic acids is 1. The maximum Gasteiger partial charge on any atom is 0.335 e. The molecule has 0 unspecified atom stereocenters. The fourth-order valence-electron chi connectivity index (χ4n) is 5.25. The summed E-state index contributed by atoms with van der Waals surface area (Å²) in [6.07, 6.45) is 9.01. The fraction of sp³-hybridized carbons (Fsp3) is 0.290. The lowest BCUT2D eigenvalue weighted by Crippen LogP contribution is -2.19. The Bertz CT molecular complexity index is 1370. The lowest BCUT2D eigenvalue weighted by molar-refractivity contribution is -0.120. The summed E-state index contributed by atoms with van der Waals surface area (Å²) in [6, 6.07) is 23.3. The topological polar surface area (TPSA) is 80.6 Å². The lowest BCUT2D eigenvalue weighted by atomic mass is 9.84. The van der Waals surface area contributed by atoms with Crippen molar-refractivity contribution in [1.29, 1.82) is 0 Å².